The van der Waals surface area contributed by atoms with E-state index in [-0.39, 0.29) is 23.7 Å². The molecule has 2 heterocycles. The Kier molecular flexibility index (Phi) is 5.42. The zero-order valence-electron chi connectivity index (χ0n) is 15.9. The van der Waals surface area contributed by atoms with Crippen LogP contribution in [0.4, 0.5) is 4.39 Å². The molecule has 0 unspecified atom stereocenters. The third-order valence-corrected chi connectivity index (χ3v) is 5.76. The smallest absolute Gasteiger partial charge is 0.254 e. The number of rotatable bonds is 3. The van der Waals surface area contributed by atoms with Crippen molar-refractivity contribution in [2.75, 3.05) is 19.6 Å². The van der Waals surface area contributed by atoms with E-state index < -0.39 is 0 Å². The maximum absolute atomic E-state index is 14.1. The summed E-state index contributed by atoms with van der Waals surface area (Å²) in [5, 5.41) is 0. The van der Waals surface area contributed by atoms with Gasteiger partial charge in [-0.15, -0.1) is 0 Å². The van der Waals surface area contributed by atoms with Gasteiger partial charge in [-0.2, -0.15) is 0 Å². The van der Waals surface area contributed by atoms with Gasteiger partial charge in [0.05, 0.1) is 0 Å². The van der Waals surface area contributed by atoms with Crippen molar-refractivity contribution in [3.63, 3.8) is 0 Å². The molecule has 4 rings (SSSR count). The minimum atomic E-state index is -0.372. The van der Waals surface area contributed by atoms with Crippen LogP contribution in [0.25, 0.3) is 11.1 Å². The Hall–Kier alpha value is -2.69. The van der Waals surface area contributed by atoms with Crippen LogP contribution >= 0.6 is 0 Å². The van der Waals surface area contributed by atoms with Crippen LogP contribution in [0.5, 0.6) is 0 Å². The van der Waals surface area contributed by atoms with Gasteiger partial charge in [0.15, 0.2) is 0 Å². The highest BCUT2D eigenvalue weighted by atomic mass is 19.1. The van der Waals surface area contributed by atoms with Crippen molar-refractivity contribution in [1.29, 1.82) is 0 Å². The summed E-state index contributed by atoms with van der Waals surface area (Å²) >= 11 is 0. The SMILES string of the molecule is O=C([C@@H]1CCCN1C(=O)c1cccc(-c2ccccc2F)c1)N1CCCCC1. The Balaban J connectivity index is 1.56. The van der Waals surface area contributed by atoms with Crippen molar-refractivity contribution >= 4 is 11.8 Å². The number of hydrogen-bond donors (Lipinski definition) is 0. The number of likely N-dealkylation sites (tertiary alicyclic amines) is 2. The minimum Gasteiger partial charge on any atom is -0.341 e. The van der Waals surface area contributed by atoms with Crippen molar-refractivity contribution in [1.82, 2.24) is 9.80 Å². The zero-order valence-corrected chi connectivity index (χ0v) is 15.9. The van der Waals surface area contributed by atoms with E-state index in [1.54, 1.807) is 47.4 Å². The van der Waals surface area contributed by atoms with E-state index >= 15 is 0 Å². The van der Waals surface area contributed by atoms with Crippen molar-refractivity contribution in [3.05, 3.63) is 59.9 Å². The van der Waals surface area contributed by atoms with Gasteiger partial charge >= 0.3 is 0 Å². The summed E-state index contributed by atoms with van der Waals surface area (Å²) in [5.74, 6) is -0.381. The molecule has 0 aromatic heterocycles. The molecule has 0 spiro atoms. The Labute approximate surface area is 164 Å². The van der Waals surface area contributed by atoms with E-state index in [1.807, 2.05) is 4.90 Å². The first-order valence-corrected chi connectivity index (χ1v) is 10.1. The summed E-state index contributed by atoms with van der Waals surface area (Å²) in [4.78, 5) is 29.8. The number of carbonyl (C=O) groups excluding carboxylic acids is 2. The summed E-state index contributed by atoms with van der Waals surface area (Å²) in [6.07, 6.45) is 4.80. The fourth-order valence-corrected chi connectivity index (χ4v) is 4.27. The van der Waals surface area contributed by atoms with Crippen molar-refractivity contribution in [2.45, 2.75) is 38.1 Å². The number of piperidine rings is 1. The first-order valence-electron chi connectivity index (χ1n) is 10.1. The summed E-state index contributed by atoms with van der Waals surface area (Å²) < 4.78 is 14.1. The van der Waals surface area contributed by atoms with Crippen LogP contribution in [0.1, 0.15) is 42.5 Å². The fraction of sp³-hybridized carbons (Fsp3) is 0.391. The Bertz CT molecular complexity index is 876. The molecular formula is C23H25FN2O2. The van der Waals surface area contributed by atoms with Gasteiger partial charge in [-0.25, -0.2) is 4.39 Å². The van der Waals surface area contributed by atoms with Gasteiger partial charge in [0, 0.05) is 30.8 Å². The second-order valence-corrected chi connectivity index (χ2v) is 7.60. The first kappa shape index (κ1) is 18.7. The molecule has 2 amide bonds. The number of nitrogens with zero attached hydrogens (tertiary/aromatic N) is 2. The second kappa shape index (κ2) is 8.13. The first-order chi connectivity index (χ1) is 13.6. The number of halogens is 1. The van der Waals surface area contributed by atoms with Crippen LogP contribution in [0.2, 0.25) is 0 Å². The molecule has 0 bridgehead atoms. The van der Waals surface area contributed by atoms with Gasteiger partial charge in [-0.1, -0.05) is 30.3 Å². The maximum atomic E-state index is 14.1. The number of amides is 2. The molecule has 0 aliphatic carbocycles. The van der Waals surface area contributed by atoms with Crippen LogP contribution < -0.4 is 0 Å². The molecule has 146 valence electrons. The normalized spacial score (nSPS) is 19.7. The largest absolute Gasteiger partial charge is 0.341 e. The van der Waals surface area contributed by atoms with E-state index in [9.17, 15) is 14.0 Å². The number of benzene rings is 2. The average molecular weight is 380 g/mol. The van der Waals surface area contributed by atoms with Crippen molar-refractivity contribution in [2.24, 2.45) is 0 Å². The molecular weight excluding hydrogens is 355 g/mol. The molecule has 2 saturated heterocycles. The van der Waals surface area contributed by atoms with Gasteiger partial charge < -0.3 is 9.80 Å². The zero-order chi connectivity index (χ0) is 19.5. The monoisotopic (exact) mass is 380 g/mol. The maximum Gasteiger partial charge on any atom is 0.254 e. The Morgan fingerprint density at radius 3 is 2.46 bits per heavy atom. The van der Waals surface area contributed by atoms with E-state index in [0.29, 0.717) is 29.7 Å². The highest BCUT2D eigenvalue weighted by Crippen LogP contribution is 2.27. The molecule has 4 nitrogen and oxygen atoms in total. The van der Waals surface area contributed by atoms with E-state index in [2.05, 4.69) is 0 Å². The Morgan fingerprint density at radius 1 is 0.893 bits per heavy atom. The predicted molar refractivity (Wildman–Crippen MR) is 106 cm³/mol. The standard InChI is InChI=1S/C23H25FN2O2/c24-20-11-3-2-10-19(20)17-8-6-9-18(16-17)22(27)26-15-7-12-21(26)23(28)25-13-4-1-5-14-25/h2-3,6,8-11,16,21H,1,4-5,7,12-15H2/t21-/m0/s1. The summed E-state index contributed by atoms with van der Waals surface area (Å²) in [5.41, 5.74) is 1.64. The predicted octanol–water partition coefficient (Wildman–Crippen LogP) is 4.11. The summed E-state index contributed by atoms with van der Waals surface area (Å²) in [7, 11) is 0. The van der Waals surface area contributed by atoms with Crippen LogP contribution in [-0.4, -0.2) is 47.3 Å². The molecule has 0 saturated carbocycles. The van der Waals surface area contributed by atoms with Crippen molar-refractivity contribution in [3.8, 4) is 11.1 Å². The van der Waals surface area contributed by atoms with Gasteiger partial charge in [0.2, 0.25) is 5.91 Å². The minimum absolute atomic E-state index is 0.0795. The molecule has 2 aromatic rings. The number of carbonyl (C=O) groups is 2. The van der Waals surface area contributed by atoms with Gasteiger partial charge in [-0.05, 0) is 55.9 Å². The van der Waals surface area contributed by atoms with Crippen LogP contribution in [0.15, 0.2) is 48.5 Å². The third kappa shape index (κ3) is 3.66. The van der Waals surface area contributed by atoms with Gasteiger partial charge in [0.25, 0.3) is 5.91 Å². The van der Waals surface area contributed by atoms with Crippen LogP contribution in [-0.2, 0) is 4.79 Å². The van der Waals surface area contributed by atoms with Crippen molar-refractivity contribution < 1.29 is 14.0 Å². The lowest BCUT2D eigenvalue weighted by Gasteiger charge is -2.32. The highest BCUT2D eigenvalue weighted by molar-refractivity contribution is 5.98. The molecule has 2 aliphatic heterocycles. The lowest BCUT2D eigenvalue weighted by Crippen LogP contribution is -2.49. The average Bonchev–Trinajstić information content (AvgIpc) is 3.23. The lowest BCUT2D eigenvalue weighted by atomic mass is 10.0. The van der Waals surface area contributed by atoms with Gasteiger partial charge in [0.1, 0.15) is 11.9 Å². The molecule has 2 aliphatic rings. The fourth-order valence-electron chi connectivity index (χ4n) is 4.27. The molecule has 28 heavy (non-hydrogen) atoms. The summed E-state index contributed by atoms with van der Waals surface area (Å²) in [6, 6.07) is 13.2. The quantitative estimate of drug-likeness (QED) is 0.804. The van der Waals surface area contributed by atoms with E-state index in [1.165, 1.54) is 12.5 Å². The van der Waals surface area contributed by atoms with Gasteiger partial charge in [-0.3, -0.25) is 9.59 Å². The lowest BCUT2D eigenvalue weighted by molar-refractivity contribution is -0.136. The molecule has 1 atom stereocenters. The Morgan fingerprint density at radius 2 is 1.68 bits per heavy atom. The number of hydrogen-bond acceptors (Lipinski definition) is 2. The molecule has 0 N–H and O–H groups in total. The molecule has 2 aromatic carbocycles. The van der Waals surface area contributed by atoms with E-state index in [4.69, 9.17) is 0 Å². The second-order valence-electron chi connectivity index (χ2n) is 7.60. The highest BCUT2D eigenvalue weighted by Gasteiger charge is 2.37. The summed E-state index contributed by atoms with van der Waals surface area (Å²) in [6.45, 7) is 2.17. The topological polar surface area (TPSA) is 40.6 Å². The van der Waals surface area contributed by atoms with Crippen LogP contribution in [0.3, 0.4) is 0 Å². The third-order valence-electron chi connectivity index (χ3n) is 5.76. The molecule has 2 fully saturated rings. The van der Waals surface area contributed by atoms with Crippen LogP contribution in [0, 0.1) is 5.82 Å². The van der Waals surface area contributed by atoms with E-state index in [0.717, 1.165) is 32.4 Å². The molecule has 0 radical (unpaired) electrons. The molecule has 5 heteroatoms.